The molecule has 0 unspecified atom stereocenters. The Labute approximate surface area is 65.9 Å². The smallest absolute Gasteiger partial charge is 0.0862 e. The lowest BCUT2D eigenvalue weighted by atomic mass is 10.7. The van der Waals surface area contributed by atoms with Crippen molar-refractivity contribution >= 4 is 24.0 Å². The zero-order chi connectivity index (χ0) is 7.49. The van der Waals surface area contributed by atoms with Gasteiger partial charge in [-0.25, -0.2) is 0 Å². The molecule has 0 bridgehead atoms. The monoisotopic (exact) mass is 208 g/mol. The van der Waals surface area contributed by atoms with Gasteiger partial charge in [0.25, 0.3) is 0 Å². The molecule has 0 atom stereocenters. The Balaban J connectivity index is 4.03. The molecule has 0 aliphatic heterocycles. The Kier molecular flexibility index (Phi) is 3.69. The summed E-state index contributed by atoms with van der Waals surface area (Å²) in [5, 5.41) is 8.52. The van der Waals surface area contributed by atoms with Gasteiger partial charge in [0.05, 0.1) is 14.7 Å². The summed E-state index contributed by atoms with van der Waals surface area (Å²) in [7, 11) is -1.16. The van der Waals surface area contributed by atoms with E-state index in [0.717, 1.165) is 0 Å². The third-order valence-corrected chi connectivity index (χ3v) is 6.52. The molecule has 0 aromatic rings. The first-order valence-electron chi connectivity index (χ1n) is 2.95. The summed E-state index contributed by atoms with van der Waals surface area (Å²) in [4.78, 5) is 0. The normalized spacial score (nSPS) is 14.1. The van der Waals surface area contributed by atoms with E-state index in [9.17, 15) is 0 Å². The largest absolute Gasteiger partial charge is 0.392 e. The van der Waals surface area contributed by atoms with Crippen LogP contribution >= 0.6 is 15.9 Å². The van der Waals surface area contributed by atoms with Gasteiger partial charge >= 0.3 is 0 Å². The van der Waals surface area contributed by atoms with Crippen molar-refractivity contribution in [3.05, 3.63) is 10.2 Å². The van der Waals surface area contributed by atoms with E-state index >= 15 is 0 Å². The third-order valence-electron chi connectivity index (χ3n) is 0.987. The molecule has 1 N–H and O–H groups in total. The number of aliphatic hydroxyl groups excluding tert-OH is 1. The average Bonchev–Trinajstić information content (AvgIpc) is 1.64. The number of hydrogen-bond acceptors (Lipinski definition) is 1. The molecule has 0 aromatic carbocycles. The molecule has 0 aliphatic carbocycles. The van der Waals surface area contributed by atoms with E-state index in [1.54, 1.807) is 0 Å². The molecule has 3 heteroatoms. The minimum atomic E-state index is -1.16. The van der Waals surface area contributed by atoms with Gasteiger partial charge in [0.15, 0.2) is 0 Å². The number of aliphatic hydroxyl groups is 1. The maximum atomic E-state index is 8.52. The Morgan fingerprint density at radius 3 is 2.11 bits per heavy atom. The number of rotatable bonds is 2. The molecule has 0 spiro atoms. The summed E-state index contributed by atoms with van der Waals surface area (Å²) in [5.74, 6) is 0. The van der Waals surface area contributed by atoms with Crippen LogP contribution in [0.15, 0.2) is 10.2 Å². The van der Waals surface area contributed by atoms with Gasteiger partial charge in [0.1, 0.15) is 0 Å². The van der Waals surface area contributed by atoms with Gasteiger partial charge < -0.3 is 5.11 Å². The molecule has 0 saturated heterocycles. The van der Waals surface area contributed by atoms with Gasteiger partial charge in [-0.05, 0) is 4.11 Å². The summed E-state index contributed by atoms with van der Waals surface area (Å²) in [6, 6.07) is 0. The Morgan fingerprint density at radius 1 is 1.56 bits per heavy atom. The molecule has 0 fully saturated rings. The van der Waals surface area contributed by atoms with Crippen molar-refractivity contribution in [1.82, 2.24) is 0 Å². The zero-order valence-corrected chi connectivity index (χ0v) is 8.70. The standard InChI is InChI=1S/C6H13BrOSi/c1-9(2,3)6(7)4-5-8/h4,8H,5H2,1-3H3/b6-4-. The molecular formula is C6H13BrOSi. The molecule has 0 radical (unpaired) electrons. The maximum Gasteiger partial charge on any atom is 0.0862 e. The summed E-state index contributed by atoms with van der Waals surface area (Å²) < 4.78 is 1.19. The fraction of sp³-hybridized carbons (Fsp3) is 0.667. The fourth-order valence-corrected chi connectivity index (χ4v) is 1.23. The molecule has 0 saturated carbocycles. The van der Waals surface area contributed by atoms with Crippen LogP contribution in [0, 0.1) is 0 Å². The molecule has 0 aromatic heterocycles. The van der Waals surface area contributed by atoms with E-state index in [-0.39, 0.29) is 6.61 Å². The van der Waals surface area contributed by atoms with Crippen LogP contribution in [0.4, 0.5) is 0 Å². The van der Waals surface area contributed by atoms with Crippen molar-refractivity contribution in [2.75, 3.05) is 6.61 Å². The van der Waals surface area contributed by atoms with Crippen LogP contribution in [0.2, 0.25) is 19.6 Å². The van der Waals surface area contributed by atoms with Crippen molar-refractivity contribution in [3.63, 3.8) is 0 Å². The Bertz CT molecular complexity index is 115. The highest BCUT2D eigenvalue weighted by Crippen LogP contribution is 2.19. The SMILES string of the molecule is C[Si](C)(C)/C(Br)=C\CO. The van der Waals surface area contributed by atoms with E-state index in [2.05, 4.69) is 35.6 Å². The zero-order valence-electron chi connectivity index (χ0n) is 6.11. The van der Waals surface area contributed by atoms with Crippen molar-refractivity contribution in [2.45, 2.75) is 19.6 Å². The number of hydrogen-bond donors (Lipinski definition) is 1. The third kappa shape index (κ3) is 3.89. The molecule has 1 nitrogen and oxygen atoms in total. The quantitative estimate of drug-likeness (QED) is 0.691. The summed E-state index contributed by atoms with van der Waals surface area (Å²) >= 11 is 3.42. The lowest BCUT2D eigenvalue weighted by Gasteiger charge is -2.13. The van der Waals surface area contributed by atoms with Crippen LogP contribution in [0.1, 0.15) is 0 Å². The fourth-order valence-electron chi connectivity index (χ4n) is 0.386. The van der Waals surface area contributed by atoms with Gasteiger partial charge in [-0.2, -0.15) is 0 Å². The average molecular weight is 209 g/mol. The van der Waals surface area contributed by atoms with Crippen molar-refractivity contribution in [1.29, 1.82) is 0 Å². The summed E-state index contributed by atoms with van der Waals surface area (Å²) in [6.45, 7) is 6.82. The molecule has 54 valence electrons. The van der Waals surface area contributed by atoms with Gasteiger partial charge in [0.2, 0.25) is 0 Å². The van der Waals surface area contributed by atoms with Gasteiger partial charge in [-0.1, -0.05) is 41.6 Å². The van der Waals surface area contributed by atoms with E-state index in [1.165, 1.54) is 4.11 Å². The Morgan fingerprint density at radius 2 is 2.00 bits per heavy atom. The molecule has 0 amide bonds. The second-order valence-electron chi connectivity index (χ2n) is 2.98. The maximum absolute atomic E-state index is 8.52. The second-order valence-corrected chi connectivity index (χ2v) is 9.61. The highest BCUT2D eigenvalue weighted by Gasteiger charge is 2.15. The first-order valence-corrected chi connectivity index (χ1v) is 7.25. The summed E-state index contributed by atoms with van der Waals surface area (Å²) in [5.41, 5.74) is 0. The number of halogens is 1. The van der Waals surface area contributed by atoms with Crippen molar-refractivity contribution in [2.24, 2.45) is 0 Å². The first kappa shape index (κ1) is 9.40. The summed E-state index contributed by atoms with van der Waals surface area (Å²) in [6.07, 6.45) is 1.83. The van der Waals surface area contributed by atoms with Crippen LogP contribution in [0.5, 0.6) is 0 Å². The van der Waals surface area contributed by atoms with Gasteiger partial charge in [-0.15, -0.1) is 0 Å². The van der Waals surface area contributed by atoms with E-state index < -0.39 is 8.07 Å². The first-order chi connectivity index (χ1) is 3.98. The van der Waals surface area contributed by atoms with Crippen LogP contribution in [-0.4, -0.2) is 19.8 Å². The highest BCUT2D eigenvalue weighted by atomic mass is 79.9. The van der Waals surface area contributed by atoms with Crippen LogP contribution in [-0.2, 0) is 0 Å². The van der Waals surface area contributed by atoms with Crippen LogP contribution in [0.3, 0.4) is 0 Å². The minimum absolute atomic E-state index is 0.144. The van der Waals surface area contributed by atoms with Gasteiger partial charge in [0, 0.05) is 0 Å². The highest BCUT2D eigenvalue weighted by molar-refractivity contribution is 9.12. The van der Waals surface area contributed by atoms with Crippen molar-refractivity contribution < 1.29 is 5.11 Å². The Hall–Kier alpha value is 0.397. The second kappa shape index (κ2) is 3.54. The topological polar surface area (TPSA) is 20.2 Å². The minimum Gasteiger partial charge on any atom is -0.392 e. The molecule has 9 heavy (non-hydrogen) atoms. The lowest BCUT2D eigenvalue weighted by Crippen LogP contribution is -2.20. The van der Waals surface area contributed by atoms with Gasteiger partial charge in [-0.3, -0.25) is 0 Å². The van der Waals surface area contributed by atoms with E-state index in [1.807, 2.05) is 6.08 Å². The molecule has 0 aliphatic rings. The molecule has 0 rings (SSSR count). The van der Waals surface area contributed by atoms with Crippen molar-refractivity contribution in [3.8, 4) is 0 Å². The molecule has 0 heterocycles. The van der Waals surface area contributed by atoms with Crippen LogP contribution in [0.25, 0.3) is 0 Å². The van der Waals surface area contributed by atoms with Crippen LogP contribution < -0.4 is 0 Å². The predicted molar refractivity (Wildman–Crippen MR) is 47.4 cm³/mol. The predicted octanol–water partition coefficient (Wildman–Crippen LogP) is 2.13. The lowest BCUT2D eigenvalue weighted by molar-refractivity contribution is 0.342. The van der Waals surface area contributed by atoms with E-state index in [4.69, 9.17) is 5.11 Å². The molecular weight excluding hydrogens is 196 g/mol. The van der Waals surface area contributed by atoms with E-state index in [0.29, 0.717) is 0 Å².